The van der Waals surface area contributed by atoms with Gasteiger partial charge in [0.05, 0.1) is 11.4 Å². The molecule has 4 nitrogen and oxygen atoms in total. The predicted octanol–water partition coefficient (Wildman–Crippen LogP) is 3.35. The van der Waals surface area contributed by atoms with Crippen molar-refractivity contribution < 1.29 is 0 Å². The number of rotatable bonds is 3. The van der Waals surface area contributed by atoms with Crippen molar-refractivity contribution in [3.8, 4) is 16.9 Å². The van der Waals surface area contributed by atoms with Crippen LogP contribution in [-0.2, 0) is 6.54 Å². The number of hydrogen-bond acceptors (Lipinski definition) is 3. The molecule has 3 aromatic rings. The van der Waals surface area contributed by atoms with Gasteiger partial charge in [-0.15, -0.1) is 5.10 Å². The second-order valence-electron chi connectivity index (χ2n) is 4.79. The van der Waals surface area contributed by atoms with E-state index in [0.29, 0.717) is 11.6 Å². The average Bonchev–Trinajstić information content (AvgIpc) is 2.92. The van der Waals surface area contributed by atoms with E-state index >= 15 is 0 Å². The maximum Gasteiger partial charge on any atom is 0.105 e. The number of halogens is 1. The lowest BCUT2D eigenvalue weighted by molar-refractivity contribution is 0.796. The molecule has 1 heterocycles. The quantitative estimate of drug-likeness (QED) is 0.806. The van der Waals surface area contributed by atoms with Crippen LogP contribution in [0.3, 0.4) is 0 Å². The molecule has 0 radical (unpaired) electrons. The van der Waals surface area contributed by atoms with Gasteiger partial charge in [-0.05, 0) is 30.7 Å². The topological polar surface area (TPSA) is 56.7 Å². The van der Waals surface area contributed by atoms with Crippen LogP contribution < -0.4 is 5.73 Å². The molecule has 0 aliphatic carbocycles. The predicted molar refractivity (Wildman–Crippen MR) is 84.4 cm³/mol. The Balaban J connectivity index is 2.22. The molecule has 2 N–H and O–H groups in total. The minimum Gasteiger partial charge on any atom is -0.325 e. The first-order chi connectivity index (χ1) is 10.2. The summed E-state index contributed by atoms with van der Waals surface area (Å²) in [7, 11) is 0. The van der Waals surface area contributed by atoms with Crippen LogP contribution in [0.15, 0.2) is 48.5 Å². The smallest absolute Gasteiger partial charge is 0.105 e. The van der Waals surface area contributed by atoms with Gasteiger partial charge in [-0.3, -0.25) is 0 Å². The third kappa shape index (κ3) is 2.55. The van der Waals surface area contributed by atoms with Crippen molar-refractivity contribution in [1.82, 2.24) is 15.0 Å². The van der Waals surface area contributed by atoms with Crippen molar-refractivity contribution in [2.75, 3.05) is 0 Å². The van der Waals surface area contributed by atoms with Crippen molar-refractivity contribution in [1.29, 1.82) is 0 Å². The Labute approximate surface area is 128 Å². The van der Waals surface area contributed by atoms with Crippen LogP contribution in [0.1, 0.15) is 11.3 Å². The van der Waals surface area contributed by atoms with Gasteiger partial charge in [0.15, 0.2) is 0 Å². The van der Waals surface area contributed by atoms with Crippen molar-refractivity contribution in [2.24, 2.45) is 5.73 Å². The summed E-state index contributed by atoms with van der Waals surface area (Å²) in [6, 6.07) is 15.7. The molecule has 5 heteroatoms. The number of benzene rings is 2. The molecule has 0 unspecified atom stereocenters. The molecule has 0 aliphatic heterocycles. The van der Waals surface area contributed by atoms with Gasteiger partial charge < -0.3 is 5.73 Å². The number of aryl methyl sites for hydroxylation is 1. The van der Waals surface area contributed by atoms with Crippen LogP contribution in [0.2, 0.25) is 5.02 Å². The lowest BCUT2D eigenvalue weighted by Gasteiger charge is -2.10. The minimum atomic E-state index is 0.337. The number of hydrogen-bond donors (Lipinski definition) is 1. The maximum absolute atomic E-state index is 5.97. The molecule has 0 saturated carbocycles. The lowest BCUT2D eigenvalue weighted by Crippen LogP contribution is -2.03. The lowest BCUT2D eigenvalue weighted by atomic mass is 10.1. The molecule has 0 aliphatic rings. The van der Waals surface area contributed by atoms with E-state index in [-0.39, 0.29) is 0 Å². The van der Waals surface area contributed by atoms with Crippen LogP contribution in [0.4, 0.5) is 0 Å². The van der Waals surface area contributed by atoms with Crippen molar-refractivity contribution in [3.05, 3.63) is 64.8 Å². The van der Waals surface area contributed by atoms with Gasteiger partial charge in [0.2, 0.25) is 0 Å². The molecule has 0 bridgehead atoms. The fourth-order valence-electron chi connectivity index (χ4n) is 2.32. The fraction of sp³-hybridized carbons (Fsp3) is 0.125. The van der Waals surface area contributed by atoms with Crippen LogP contribution in [0, 0.1) is 6.92 Å². The van der Waals surface area contributed by atoms with E-state index in [9.17, 15) is 0 Å². The maximum atomic E-state index is 5.97. The van der Waals surface area contributed by atoms with Crippen LogP contribution in [0.25, 0.3) is 16.9 Å². The Bertz CT molecular complexity index is 762. The average molecular weight is 299 g/mol. The Morgan fingerprint density at radius 3 is 2.48 bits per heavy atom. The Morgan fingerprint density at radius 1 is 1.10 bits per heavy atom. The molecular formula is C16H15ClN4. The van der Waals surface area contributed by atoms with E-state index in [4.69, 9.17) is 17.3 Å². The van der Waals surface area contributed by atoms with E-state index in [0.717, 1.165) is 28.2 Å². The highest BCUT2D eigenvalue weighted by Crippen LogP contribution is 2.27. The van der Waals surface area contributed by atoms with E-state index < -0.39 is 0 Å². The number of nitrogens with two attached hydrogens (primary N) is 1. The highest BCUT2D eigenvalue weighted by Gasteiger charge is 2.16. The zero-order chi connectivity index (χ0) is 14.8. The molecular weight excluding hydrogens is 284 g/mol. The molecule has 0 spiro atoms. The minimum absolute atomic E-state index is 0.337. The monoisotopic (exact) mass is 298 g/mol. The third-order valence-corrected chi connectivity index (χ3v) is 3.65. The second-order valence-corrected chi connectivity index (χ2v) is 5.23. The molecule has 0 atom stereocenters. The van der Waals surface area contributed by atoms with Gasteiger partial charge >= 0.3 is 0 Å². The van der Waals surface area contributed by atoms with Gasteiger partial charge in [0, 0.05) is 17.1 Å². The fourth-order valence-corrected chi connectivity index (χ4v) is 2.44. The first-order valence-corrected chi connectivity index (χ1v) is 7.05. The molecule has 0 amide bonds. The van der Waals surface area contributed by atoms with Gasteiger partial charge in [-0.25, -0.2) is 4.68 Å². The molecule has 1 aromatic heterocycles. The van der Waals surface area contributed by atoms with E-state index in [1.807, 2.05) is 60.1 Å². The molecule has 0 fully saturated rings. The van der Waals surface area contributed by atoms with Gasteiger partial charge in [-0.1, -0.05) is 47.1 Å². The molecule has 106 valence electrons. The van der Waals surface area contributed by atoms with E-state index in [2.05, 4.69) is 10.3 Å². The number of aromatic nitrogens is 3. The zero-order valence-corrected chi connectivity index (χ0v) is 12.4. The normalized spacial score (nSPS) is 10.8. The summed E-state index contributed by atoms with van der Waals surface area (Å²) in [4.78, 5) is 0. The van der Waals surface area contributed by atoms with Crippen LogP contribution >= 0.6 is 11.6 Å². The van der Waals surface area contributed by atoms with Crippen molar-refractivity contribution in [3.63, 3.8) is 0 Å². The summed E-state index contributed by atoms with van der Waals surface area (Å²) >= 11 is 5.97. The first kappa shape index (κ1) is 13.8. The third-order valence-electron chi connectivity index (χ3n) is 3.39. The second kappa shape index (κ2) is 5.68. The van der Waals surface area contributed by atoms with Gasteiger partial charge in [0.1, 0.15) is 5.69 Å². The summed E-state index contributed by atoms with van der Waals surface area (Å²) < 4.78 is 1.83. The van der Waals surface area contributed by atoms with Crippen molar-refractivity contribution in [2.45, 2.75) is 13.5 Å². The Morgan fingerprint density at radius 2 is 1.81 bits per heavy atom. The molecule has 3 rings (SSSR count). The summed E-state index contributed by atoms with van der Waals surface area (Å²) in [5, 5.41) is 9.17. The van der Waals surface area contributed by atoms with Crippen molar-refractivity contribution >= 4 is 11.6 Å². The first-order valence-electron chi connectivity index (χ1n) is 6.67. The van der Waals surface area contributed by atoms with Crippen LogP contribution in [0.5, 0.6) is 0 Å². The summed E-state index contributed by atoms with van der Waals surface area (Å²) in [6.07, 6.45) is 0. The van der Waals surface area contributed by atoms with Crippen LogP contribution in [-0.4, -0.2) is 15.0 Å². The Kier molecular flexibility index (Phi) is 3.73. The highest BCUT2D eigenvalue weighted by molar-refractivity contribution is 6.30. The zero-order valence-electron chi connectivity index (χ0n) is 11.6. The summed E-state index contributed by atoms with van der Waals surface area (Å²) in [5.74, 6) is 0. The van der Waals surface area contributed by atoms with Gasteiger partial charge in [-0.2, -0.15) is 0 Å². The molecule has 0 saturated heterocycles. The Hall–Kier alpha value is -2.17. The summed E-state index contributed by atoms with van der Waals surface area (Å²) in [5.41, 5.74) is 10.6. The van der Waals surface area contributed by atoms with Gasteiger partial charge in [0.25, 0.3) is 0 Å². The van der Waals surface area contributed by atoms with E-state index in [1.54, 1.807) is 0 Å². The number of nitrogens with zero attached hydrogens (tertiary/aromatic N) is 3. The molecule has 2 aromatic carbocycles. The SMILES string of the molecule is Cc1ccccc1-n1nnc(CN)c1-c1ccc(Cl)cc1. The highest BCUT2D eigenvalue weighted by atomic mass is 35.5. The summed E-state index contributed by atoms with van der Waals surface area (Å²) in [6.45, 7) is 2.38. The largest absolute Gasteiger partial charge is 0.325 e. The number of para-hydroxylation sites is 1. The standard InChI is InChI=1S/C16H15ClN4/c1-11-4-2-3-5-15(11)21-16(14(10-18)19-20-21)12-6-8-13(17)9-7-12/h2-9H,10,18H2,1H3. The van der Waals surface area contributed by atoms with E-state index in [1.165, 1.54) is 0 Å². The molecule has 21 heavy (non-hydrogen) atoms.